The molecule has 1 aromatic rings. The van der Waals surface area contributed by atoms with E-state index in [0.717, 1.165) is 25.0 Å². The monoisotopic (exact) mass is 347 g/mol. The third-order valence-electron chi connectivity index (χ3n) is 3.60. The summed E-state index contributed by atoms with van der Waals surface area (Å²) in [6.45, 7) is 2.94. The van der Waals surface area contributed by atoms with Crippen molar-refractivity contribution in [1.29, 1.82) is 0 Å². The number of ether oxygens (including phenoxy) is 2. The Morgan fingerprint density at radius 3 is 2.91 bits per heavy atom. The minimum Gasteiger partial charge on any atom is -0.389 e. The van der Waals surface area contributed by atoms with Crippen LogP contribution in [0, 0.1) is 0 Å². The largest absolute Gasteiger partial charge is 0.389 e. The Bertz CT molecular complexity index is 467. The Morgan fingerprint density at radius 2 is 2.23 bits per heavy atom. The fourth-order valence-electron chi connectivity index (χ4n) is 2.54. The van der Waals surface area contributed by atoms with E-state index in [-0.39, 0.29) is 6.10 Å². The van der Waals surface area contributed by atoms with Crippen LogP contribution in [0.2, 0.25) is 10.0 Å². The molecule has 6 heteroatoms. The molecule has 22 heavy (non-hydrogen) atoms. The third kappa shape index (κ3) is 6.03. The first-order chi connectivity index (χ1) is 10.5. The second kappa shape index (κ2) is 9.06. The van der Waals surface area contributed by atoms with Gasteiger partial charge in [0.15, 0.2) is 0 Å². The molecular formula is C16H23Cl2NO3. The van der Waals surface area contributed by atoms with Crippen molar-refractivity contribution in [1.82, 2.24) is 4.90 Å². The van der Waals surface area contributed by atoms with Crippen LogP contribution in [0.25, 0.3) is 0 Å². The second-order valence-electron chi connectivity index (χ2n) is 5.77. The van der Waals surface area contributed by atoms with Gasteiger partial charge in [-0.1, -0.05) is 29.3 Å². The molecule has 2 rings (SSSR count). The minimum atomic E-state index is -0.519. The van der Waals surface area contributed by atoms with Crippen LogP contribution in [-0.2, 0) is 16.0 Å². The number of aliphatic hydroxyl groups is 1. The molecule has 0 saturated carbocycles. The maximum atomic E-state index is 10.0. The van der Waals surface area contributed by atoms with Gasteiger partial charge in [-0.2, -0.15) is 0 Å². The molecule has 0 bridgehead atoms. The summed E-state index contributed by atoms with van der Waals surface area (Å²) in [6, 6.07) is 5.57. The van der Waals surface area contributed by atoms with Crippen LogP contribution in [0.4, 0.5) is 0 Å². The van der Waals surface area contributed by atoms with Gasteiger partial charge in [0.25, 0.3) is 0 Å². The van der Waals surface area contributed by atoms with E-state index in [1.165, 1.54) is 0 Å². The molecule has 2 unspecified atom stereocenters. The van der Waals surface area contributed by atoms with Gasteiger partial charge < -0.3 is 14.6 Å². The quantitative estimate of drug-likeness (QED) is 0.784. The van der Waals surface area contributed by atoms with Crippen molar-refractivity contribution < 1.29 is 14.6 Å². The van der Waals surface area contributed by atoms with E-state index in [2.05, 4.69) is 0 Å². The van der Waals surface area contributed by atoms with Crippen LogP contribution in [0.5, 0.6) is 0 Å². The first-order valence-corrected chi connectivity index (χ1v) is 8.30. The van der Waals surface area contributed by atoms with Crippen molar-refractivity contribution in [2.24, 2.45) is 0 Å². The number of aliphatic hydroxyl groups excluding tert-OH is 1. The van der Waals surface area contributed by atoms with E-state index < -0.39 is 6.10 Å². The summed E-state index contributed by atoms with van der Waals surface area (Å²) in [5.74, 6) is 0. The van der Waals surface area contributed by atoms with Gasteiger partial charge in [-0.15, -0.1) is 0 Å². The van der Waals surface area contributed by atoms with Crippen LogP contribution in [0.15, 0.2) is 18.2 Å². The Hall–Kier alpha value is -0.360. The van der Waals surface area contributed by atoms with Crippen LogP contribution in [0.3, 0.4) is 0 Å². The van der Waals surface area contributed by atoms with Gasteiger partial charge in [0.1, 0.15) is 0 Å². The predicted octanol–water partition coefficient (Wildman–Crippen LogP) is 2.98. The fraction of sp³-hybridized carbons (Fsp3) is 0.625. The van der Waals surface area contributed by atoms with Crippen molar-refractivity contribution in [3.8, 4) is 0 Å². The standard InChI is InChI=1S/C16H23Cl2NO3/c1-19(8-12-4-5-15(17)16(18)7-12)9-13(20)10-21-11-14-3-2-6-22-14/h4-5,7,13-14,20H,2-3,6,8-11H2,1H3. The molecule has 1 saturated heterocycles. The van der Waals surface area contributed by atoms with Gasteiger partial charge >= 0.3 is 0 Å². The number of hydrogen-bond acceptors (Lipinski definition) is 4. The van der Waals surface area contributed by atoms with Crippen LogP contribution in [0.1, 0.15) is 18.4 Å². The van der Waals surface area contributed by atoms with E-state index in [4.69, 9.17) is 32.7 Å². The van der Waals surface area contributed by atoms with E-state index in [0.29, 0.717) is 36.3 Å². The van der Waals surface area contributed by atoms with E-state index in [1.807, 2.05) is 24.1 Å². The number of rotatable bonds is 8. The summed E-state index contributed by atoms with van der Waals surface area (Å²) >= 11 is 11.9. The SMILES string of the molecule is CN(Cc1ccc(Cl)c(Cl)c1)CC(O)COCC1CCCO1. The lowest BCUT2D eigenvalue weighted by Crippen LogP contribution is -2.32. The Balaban J connectivity index is 1.66. The molecule has 0 amide bonds. The molecule has 1 aliphatic heterocycles. The highest BCUT2D eigenvalue weighted by atomic mass is 35.5. The van der Waals surface area contributed by atoms with Gasteiger partial charge in [0.05, 0.1) is 35.5 Å². The first-order valence-electron chi connectivity index (χ1n) is 7.54. The molecule has 124 valence electrons. The number of benzene rings is 1. The van der Waals surface area contributed by atoms with Crippen molar-refractivity contribution in [3.63, 3.8) is 0 Å². The molecule has 0 radical (unpaired) electrons. The molecular weight excluding hydrogens is 325 g/mol. The first kappa shape index (κ1) is 18.0. The molecule has 0 aromatic heterocycles. The highest BCUT2D eigenvalue weighted by molar-refractivity contribution is 6.42. The summed E-state index contributed by atoms with van der Waals surface area (Å²) in [6.07, 6.45) is 1.83. The van der Waals surface area contributed by atoms with Crippen molar-refractivity contribution in [3.05, 3.63) is 33.8 Å². The number of halogens is 2. The summed E-state index contributed by atoms with van der Waals surface area (Å²) in [4.78, 5) is 2.03. The molecule has 0 aliphatic carbocycles. The van der Waals surface area contributed by atoms with E-state index >= 15 is 0 Å². The Kier molecular flexibility index (Phi) is 7.41. The van der Waals surface area contributed by atoms with Gasteiger partial charge in [-0.3, -0.25) is 4.90 Å². The Labute approximate surface area is 141 Å². The third-order valence-corrected chi connectivity index (χ3v) is 4.34. The maximum Gasteiger partial charge on any atom is 0.0900 e. The normalized spacial score (nSPS) is 19.8. The lowest BCUT2D eigenvalue weighted by Gasteiger charge is -2.21. The number of hydrogen-bond donors (Lipinski definition) is 1. The molecule has 1 heterocycles. The van der Waals surface area contributed by atoms with Gasteiger partial charge in [-0.25, -0.2) is 0 Å². The molecule has 0 spiro atoms. The smallest absolute Gasteiger partial charge is 0.0900 e. The zero-order valence-electron chi connectivity index (χ0n) is 12.8. The molecule has 1 N–H and O–H groups in total. The summed E-state index contributed by atoms with van der Waals surface area (Å²) in [5.41, 5.74) is 1.06. The molecule has 1 aliphatic rings. The van der Waals surface area contributed by atoms with Crippen LogP contribution >= 0.6 is 23.2 Å². The maximum absolute atomic E-state index is 10.0. The second-order valence-corrected chi connectivity index (χ2v) is 6.59. The van der Waals surface area contributed by atoms with E-state index in [1.54, 1.807) is 6.07 Å². The topological polar surface area (TPSA) is 41.9 Å². The zero-order chi connectivity index (χ0) is 15.9. The van der Waals surface area contributed by atoms with Crippen molar-refractivity contribution >= 4 is 23.2 Å². The molecule has 1 aromatic carbocycles. The zero-order valence-corrected chi connectivity index (χ0v) is 14.3. The van der Waals surface area contributed by atoms with Gasteiger partial charge in [0, 0.05) is 19.7 Å². The van der Waals surface area contributed by atoms with Crippen molar-refractivity contribution in [2.75, 3.05) is 33.4 Å². The highest BCUT2D eigenvalue weighted by Crippen LogP contribution is 2.23. The average Bonchev–Trinajstić information content (AvgIpc) is 2.96. The lowest BCUT2D eigenvalue weighted by atomic mass is 10.2. The van der Waals surface area contributed by atoms with Gasteiger partial charge in [0.2, 0.25) is 0 Å². The van der Waals surface area contributed by atoms with Crippen molar-refractivity contribution in [2.45, 2.75) is 31.6 Å². The Morgan fingerprint density at radius 1 is 1.41 bits per heavy atom. The fourth-order valence-corrected chi connectivity index (χ4v) is 2.86. The highest BCUT2D eigenvalue weighted by Gasteiger charge is 2.16. The average molecular weight is 348 g/mol. The van der Waals surface area contributed by atoms with Crippen LogP contribution in [-0.4, -0.2) is 55.6 Å². The number of likely N-dealkylation sites (N-methyl/N-ethyl adjacent to an activating group) is 1. The van der Waals surface area contributed by atoms with Gasteiger partial charge in [-0.05, 0) is 37.6 Å². The molecule has 1 fully saturated rings. The predicted molar refractivity (Wildman–Crippen MR) is 88.6 cm³/mol. The van der Waals surface area contributed by atoms with Crippen LogP contribution < -0.4 is 0 Å². The van der Waals surface area contributed by atoms with E-state index in [9.17, 15) is 5.11 Å². The summed E-state index contributed by atoms with van der Waals surface area (Å²) in [5, 5.41) is 11.1. The summed E-state index contributed by atoms with van der Waals surface area (Å²) in [7, 11) is 1.95. The molecule has 4 nitrogen and oxygen atoms in total. The minimum absolute atomic E-state index is 0.195. The lowest BCUT2D eigenvalue weighted by molar-refractivity contribution is -0.0238. The number of nitrogens with zero attached hydrogens (tertiary/aromatic N) is 1. The summed E-state index contributed by atoms with van der Waals surface area (Å²) < 4.78 is 11.0. The molecule has 2 atom stereocenters.